The molecule has 0 N–H and O–H groups in total. The van der Waals surface area contributed by atoms with Gasteiger partial charge in [0.05, 0.1) is 11.6 Å². The quantitative estimate of drug-likeness (QED) is 0.714. The van der Waals surface area contributed by atoms with Gasteiger partial charge >= 0.3 is 5.76 Å². The van der Waals surface area contributed by atoms with Crippen LogP contribution in [0.25, 0.3) is 11.1 Å². The number of benzene rings is 1. The highest BCUT2D eigenvalue weighted by molar-refractivity contribution is 5.85. The predicted molar refractivity (Wildman–Crippen MR) is 114 cm³/mol. The van der Waals surface area contributed by atoms with E-state index in [0.717, 1.165) is 44.5 Å². The molecular weight excluding hydrogens is 376 g/mol. The lowest BCUT2D eigenvalue weighted by atomic mass is 9.79. The van der Waals surface area contributed by atoms with E-state index >= 15 is 0 Å². The molecule has 156 valence electrons. The molecule has 1 saturated carbocycles. The van der Waals surface area contributed by atoms with Gasteiger partial charge in [0.25, 0.3) is 0 Å². The minimum atomic E-state index is -0.213. The van der Waals surface area contributed by atoms with Gasteiger partial charge in [-0.3, -0.25) is 9.47 Å². The van der Waals surface area contributed by atoms with Crippen LogP contribution in [0.15, 0.2) is 33.5 Å². The molecule has 0 bridgehead atoms. The highest BCUT2D eigenvalue weighted by Gasteiger charge is 2.38. The summed E-state index contributed by atoms with van der Waals surface area (Å²) in [5, 5.41) is 0. The molecule has 0 atom stereocenters. The van der Waals surface area contributed by atoms with Gasteiger partial charge < -0.3 is 9.15 Å². The first-order valence-electron chi connectivity index (χ1n) is 10.6. The van der Waals surface area contributed by atoms with Gasteiger partial charge in [-0.05, 0) is 64.0 Å². The number of piperidine rings is 1. The Morgan fingerprint density at radius 3 is 2.50 bits per heavy atom. The van der Waals surface area contributed by atoms with E-state index in [2.05, 4.69) is 18.7 Å². The van der Waals surface area contributed by atoms with E-state index in [1.165, 1.54) is 25.7 Å². The lowest BCUT2D eigenvalue weighted by Gasteiger charge is -2.48. The molecule has 1 aromatic heterocycles. The van der Waals surface area contributed by atoms with Gasteiger partial charge in [-0.1, -0.05) is 19.1 Å². The van der Waals surface area contributed by atoms with Crippen LogP contribution >= 0.6 is 12.4 Å². The second kappa shape index (κ2) is 9.02. The highest BCUT2D eigenvalue weighted by atomic mass is 35.5. The third-order valence-electron chi connectivity index (χ3n) is 6.68. The summed E-state index contributed by atoms with van der Waals surface area (Å²) >= 11 is 0. The van der Waals surface area contributed by atoms with Crippen molar-refractivity contribution in [1.82, 2.24) is 9.47 Å². The SMILES string of the molecule is CCCOC1CCC(C)(N2CCC(n3c(=O)oc4ccccc43)CC2)CC1.Cl. The average molecular weight is 409 g/mol. The predicted octanol–water partition coefficient (Wildman–Crippen LogP) is 4.78. The molecule has 1 aromatic carbocycles. The molecular formula is C22H33ClN2O3. The molecule has 2 aliphatic rings. The summed E-state index contributed by atoms with van der Waals surface area (Å²) in [6.45, 7) is 7.58. The molecule has 1 saturated heterocycles. The van der Waals surface area contributed by atoms with E-state index in [1.54, 1.807) is 0 Å². The Hall–Kier alpha value is -1.30. The first-order valence-corrected chi connectivity index (χ1v) is 10.6. The van der Waals surface area contributed by atoms with E-state index < -0.39 is 0 Å². The van der Waals surface area contributed by atoms with E-state index in [4.69, 9.17) is 9.15 Å². The molecule has 2 fully saturated rings. The maximum absolute atomic E-state index is 12.4. The molecule has 1 aliphatic heterocycles. The van der Waals surface area contributed by atoms with Crippen LogP contribution in [0.1, 0.15) is 64.8 Å². The minimum Gasteiger partial charge on any atom is -0.408 e. The molecule has 4 rings (SSSR count). The fourth-order valence-corrected chi connectivity index (χ4v) is 4.97. The zero-order valence-electron chi connectivity index (χ0n) is 17.1. The van der Waals surface area contributed by atoms with Crippen molar-refractivity contribution in [3.63, 3.8) is 0 Å². The Balaban J connectivity index is 0.00000225. The fraction of sp³-hybridized carbons (Fsp3) is 0.682. The highest BCUT2D eigenvalue weighted by Crippen LogP contribution is 2.38. The molecule has 0 radical (unpaired) electrons. The number of para-hydroxylation sites is 2. The average Bonchev–Trinajstić information content (AvgIpc) is 3.03. The molecule has 6 heteroatoms. The Labute approximate surface area is 173 Å². The second-order valence-corrected chi connectivity index (χ2v) is 8.49. The monoisotopic (exact) mass is 408 g/mol. The third-order valence-corrected chi connectivity index (χ3v) is 6.68. The Morgan fingerprint density at radius 1 is 1.14 bits per heavy atom. The van der Waals surface area contributed by atoms with Gasteiger partial charge in [0.2, 0.25) is 0 Å². The molecule has 28 heavy (non-hydrogen) atoms. The van der Waals surface area contributed by atoms with Gasteiger partial charge in [0.1, 0.15) is 0 Å². The molecule has 0 amide bonds. The van der Waals surface area contributed by atoms with Gasteiger partial charge in [0, 0.05) is 31.3 Å². The van der Waals surface area contributed by atoms with E-state index in [1.807, 2.05) is 28.8 Å². The standard InChI is InChI=1S/C22H32N2O3.ClH/c1-3-16-26-18-8-12-22(2,13-9-18)23-14-10-17(11-15-23)24-19-6-4-5-7-20(19)27-21(24)25;/h4-7,17-18H,3,8-16H2,1-2H3;1H. The second-order valence-electron chi connectivity index (χ2n) is 8.49. The van der Waals surface area contributed by atoms with Crippen LogP contribution in [0.5, 0.6) is 0 Å². The molecule has 0 spiro atoms. The zero-order chi connectivity index (χ0) is 18.9. The van der Waals surface area contributed by atoms with E-state index in [-0.39, 0.29) is 29.7 Å². The summed E-state index contributed by atoms with van der Waals surface area (Å²) in [7, 11) is 0. The number of aromatic nitrogens is 1. The Kier molecular flexibility index (Phi) is 6.89. The maximum atomic E-state index is 12.4. The number of hydrogen-bond acceptors (Lipinski definition) is 4. The van der Waals surface area contributed by atoms with Crippen LogP contribution in [0.2, 0.25) is 0 Å². The molecule has 1 aliphatic carbocycles. The van der Waals surface area contributed by atoms with Crippen molar-refractivity contribution >= 4 is 23.5 Å². The number of hydrogen-bond donors (Lipinski definition) is 0. The lowest BCUT2D eigenvalue weighted by molar-refractivity contribution is -0.0306. The number of ether oxygens (including phenoxy) is 1. The van der Waals surface area contributed by atoms with Crippen LogP contribution in [-0.4, -0.2) is 40.8 Å². The van der Waals surface area contributed by atoms with Crippen molar-refractivity contribution in [2.75, 3.05) is 19.7 Å². The summed E-state index contributed by atoms with van der Waals surface area (Å²) in [6, 6.07) is 8.00. The number of fused-ring (bicyclic) bond motifs is 1. The number of rotatable bonds is 5. The van der Waals surface area contributed by atoms with Gasteiger partial charge in [-0.2, -0.15) is 0 Å². The number of oxazole rings is 1. The molecule has 0 unspecified atom stereocenters. The summed E-state index contributed by atoms with van der Waals surface area (Å²) in [5.74, 6) is -0.213. The summed E-state index contributed by atoms with van der Waals surface area (Å²) in [6.07, 6.45) is 8.32. The summed E-state index contributed by atoms with van der Waals surface area (Å²) in [5.41, 5.74) is 1.91. The topological polar surface area (TPSA) is 47.6 Å². The minimum absolute atomic E-state index is 0. The molecule has 5 nitrogen and oxygen atoms in total. The van der Waals surface area contributed by atoms with Crippen LogP contribution < -0.4 is 5.76 Å². The maximum Gasteiger partial charge on any atom is 0.420 e. The van der Waals surface area contributed by atoms with E-state index in [9.17, 15) is 4.79 Å². The lowest BCUT2D eigenvalue weighted by Crippen LogP contribution is -2.53. The smallest absolute Gasteiger partial charge is 0.408 e. The van der Waals surface area contributed by atoms with Crippen LogP contribution in [0.4, 0.5) is 0 Å². The first-order chi connectivity index (χ1) is 13.1. The van der Waals surface area contributed by atoms with Crippen LogP contribution in [0, 0.1) is 0 Å². The van der Waals surface area contributed by atoms with Gasteiger partial charge in [-0.15, -0.1) is 12.4 Å². The number of likely N-dealkylation sites (tertiary alicyclic amines) is 1. The third kappa shape index (κ3) is 4.17. The fourth-order valence-electron chi connectivity index (χ4n) is 4.97. The van der Waals surface area contributed by atoms with Gasteiger partial charge in [-0.25, -0.2) is 4.79 Å². The van der Waals surface area contributed by atoms with Crippen LogP contribution in [0.3, 0.4) is 0 Å². The van der Waals surface area contributed by atoms with Crippen molar-refractivity contribution in [3.8, 4) is 0 Å². The van der Waals surface area contributed by atoms with Crippen molar-refractivity contribution in [3.05, 3.63) is 34.8 Å². The van der Waals surface area contributed by atoms with Crippen molar-refractivity contribution in [2.45, 2.75) is 76.5 Å². The molecule has 2 heterocycles. The Morgan fingerprint density at radius 2 is 1.82 bits per heavy atom. The largest absolute Gasteiger partial charge is 0.420 e. The first kappa shape index (κ1) is 21.4. The number of halogens is 1. The molecule has 2 aromatic rings. The van der Waals surface area contributed by atoms with Crippen molar-refractivity contribution in [2.24, 2.45) is 0 Å². The van der Waals surface area contributed by atoms with Crippen molar-refractivity contribution in [1.29, 1.82) is 0 Å². The normalized spacial score (nSPS) is 27.0. The summed E-state index contributed by atoms with van der Waals surface area (Å²) < 4.78 is 13.3. The number of nitrogens with zero attached hydrogens (tertiary/aromatic N) is 2. The van der Waals surface area contributed by atoms with Crippen LogP contribution in [-0.2, 0) is 4.74 Å². The Bertz CT molecular complexity index is 815. The summed E-state index contributed by atoms with van der Waals surface area (Å²) in [4.78, 5) is 15.0. The van der Waals surface area contributed by atoms with Crippen molar-refractivity contribution < 1.29 is 9.15 Å². The van der Waals surface area contributed by atoms with Gasteiger partial charge in [0.15, 0.2) is 5.58 Å². The van der Waals surface area contributed by atoms with E-state index in [0.29, 0.717) is 11.7 Å². The zero-order valence-corrected chi connectivity index (χ0v) is 17.9.